The van der Waals surface area contributed by atoms with Crippen molar-refractivity contribution in [2.75, 3.05) is 0 Å². The van der Waals surface area contributed by atoms with Crippen LogP contribution in [0.25, 0.3) is 0 Å². The normalized spacial score (nSPS) is 16.5. The Bertz CT molecular complexity index is 649. The molecule has 0 saturated heterocycles. The van der Waals surface area contributed by atoms with Crippen LogP contribution >= 0.6 is 0 Å². The zero-order valence-electron chi connectivity index (χ0n) is 13.5. The van der Waals surface area contributed by atoms with Crippen LogP contribution in [0.1, 0.15) is 19.8 Å². The second kappa shape index (κ2) is 8.26. The maximum absolute atomic E-state index is 13.2. The van der Waals surface area contributed by atoms with Crippen LogP contribution in [-0.2, 0) is 10.1 Å². The topological polar surface area (TPSA) is 57.2 Å². The second-order valence-electron chi connectivity index (χ2n) is 5.15. The SMILES string of the molecule is CCCC(F)C(F)(F)C(F)(F)C(F)(F)C(F)(F)C(F)(F)C(F)(F)S(=O)(=O)[O-].[Na+]. The molecule has 0 spiro atoms. The zero-order chi connectivity index (χ0) is 22.5. The monoisotopic (exact) mass is 478 g/mol. The van der Waals surface area contributed by atoms with Gasteiger partial charge in [0.25, 0.3) is 0 Å². The summed E-state index contributed by atoms with van der Waals surface area (Å²) in [7, 11) is -7.86. The molecular formula is C10H8F13NaO3S. The molecule has 0 N–H and O–H groups in total. The van der Waals surface area contributed by atoms with Crippen molar-refractivity contribution in [3.8, 4) is 0 Å². The summed E-state index contributed by atoms with van der Waals surface area (Å²) in [5.41, 5.74) is 0. The van der Waals surface area contributed by atoms with E-state index in [0.29, 0.717) is 0 Å². The van der Waals surface area contributed by atoms with Gasteiger partial charge in [-0.3, -0.25) is 0 Å². The Morgan fingerprint density at radius 2 is 1.07 bits per heavy atom. The van der Waals surface area contributed by atoms with Crippen molar-refractivity contribution in [1.29, 1.82) is 0 Å². The Morgan fingerprint density at radius 1 is 0.750 bits per heavy atom. The summed E-state index contributed by atoms with van der Waals surface area (Å²) in [4.78, 5) is 0. The van der Waals surface area contributed by atoms with Crippen molar-refractivity contribution in [2.45, 2.75) is 60.8 Å². The standard InChI is InChI=1S/C10H9F13O3S.Na/c1-2-3-4(11)5(12,13)6(14,15)7(16,17)8(18,19)9(20,21)10(22,23)27(24,25)26;/h4H,2-3H2,1H3,(H,24,25,26);/q;+1/p-1. The molecule has 0 aliphatic heterocycles. The van der Waals surface area contributed by atoms with Gasteiger partial charge in [-0.25, -0.2) is 12.8 Å². The molecule has 0 rings (SSSR count). The first-order valence-electron chi connectivity index (χ1n) is 6.34. The van der Waals surface area contributed by atoms with E-state index in [9.17, 15) is 70.0 Å². The maximum atomic E-state index is 13.2. The Labute approximate surface area is 170 Å². The van der Waals surface area contributed by atoms with E-state index < -0.39 is 64.0 Å². The summed E-state index contributed by atoms with van der Waals surface area (Å²) in [5, 5.41) is -7.61. The van der Waals surface area contributed by atoms with E-state index in [4.69, 9.17) is 0 Å². The number of hydrogen-bond acceptors (Lipinski definition) is 3. The van der Waals surface area contributed by atoms with Crippen molar-refractivity contribution in [2.24, 2.45) is 0 Å². The minimum atomic E-state index is -8.24. The van der Waals surface area contributed by atoms with Gasteiger partial charge in [0, 0.05) is 0 Å². The smallest absolute Gasteiger partial charge is 0.743 e. The van der Waals surface area contributed by atoms with E-state index in [0.717, 1.165) is 6.92 Å². The average Bonchev–Trinajstić information content (AvgIpc) is 2.45. The molecule has 0 saturated carbocycles. The van der Waals surface area contributed by atoms with E-state index in [1.807, 2.05) is 0 Å². The summed E-state index contributed by atoms with van der Waals surface area (Å²) in [5.74, 6) is -38.9. The van der Waals surface area contributed by atoms with Gasteiger partial charge in [0.1, 0.15) is 0 Å². The van der Waals surface area contributed by atoms with Gasteiger partial charge in [0.15, 0.2) is 16.3 Å². The van der Waals surface area contributed by atoms with Crippen LogP contribution in [0.2, 0.25) is 0 Å². The van der Waals surface area contributed by atoms with Crippen molar-refractivity contribution in [3.05, 3.63) is 0 Å². The van der Waals surface area contributed by atoms with Crippen LogP contribution in [0, 0.1) is 0 Å². The Balaban J connectivity index is 0. The zero-order valence-corrected chi connectivity index (χ0v) is 16.4. The van der Waals surface area contributed by atoms with Crippen molar-refractivity contribution in [1.82, 2.24) is 0 Å². The van der Waals surface area contributed by atoms with Crippen LogP contribution in [0.5, 0.6) is 0 Å². The average molecular weight is 478 g/mol. The van der Waals surface area contributed by atoms with E-state index >= 15 is 0 Å². The fraction of sp³-hybridized carbons (Fsp3) is 1.00. The van der Waals surface area contributed by atoms with Crippen molar-refractivity contribution < 1.29 is 99.6 Å². The van der Waals surface area contributed by atoms with Gasteiger partial charge in [-0.2, -0.15) is 52.7 Å². The van der Waals surface area contributed by atoms with Crippen molar-refractivity contribution in [3.63, 3.8) is 0 Å². The largest absolute Gasteiger partial charge is 1.00 e. The Kier molecular flexibility index (Phi) is 8.91. The maximum Gasteiger partial charge on any atom is 1.00 e. The Morgan fingerprint density at radius 3 is 1.36 bits per heavy atom. The summed E-state index contributed by atoms with van der Waals surface area (Å²) in [6, 6.07) is 0. The third kappa shape index (κ3) is 4.09. The van der Waals surface area contributed by atoms with Crippen LogP contribution in [0.4, 0.5) is 57.1 Å². The minimum Gasteiger partial charge on any atom is -0.743 e. The molecule has 18 heteroatoms. The van der Waals surface area contributed by atoms with E-state index in [2.05, 4.69) is 0 Å². The molecule has 1 unspecified atom stereocenters. The molecule has 0 fully saturated rings. The fourth-order valence-corrected chi connectivity index (χ4v) is 2.02. The van der Waals surface area contributed by atoms with Crippen LogP contribution < -0.4 is 29.6 Å². The molecule has 0 heterocycles. The third-order valence-corrected chi connectivity index (χ3v) is 4.10. The summed E-state index contributed by atoms with van der Waals surface area (Å²) < 4.78 is 200. The molecule has 0 aliphatic carbocycles. The molecule has 0 amide bonds. The number of hydrogen-bond donors (Lipinski definition) is 0. The van der Waals surface area contributed by atoms with E-state index in [1.165, 1.54) is 0 Å². The molecule has 0 aromatic rings. The minimum absolute atomic E-state index is 0. The molecule has 1 atom stereocenters. The molecule has 164 valence electrons. The predicted octanol–water partition coefficient (Wildman–Crippen LogP) is 1.44. The summed E-state index contributed by atoms with van der Waals surface area (Å²) in [6.07, 6.45) is -6.68. The van der Waals surface area contributed by atoms with Gasteiger partial charge in [-0.15, -0.1) is 0 Å². The number of rotatable bonds is 9. The summed E-state index contributed by atoms with van der Waals surface area (Å²) >= 11 is 0. The predicted molar refractivity (Wildman–Crippen MR) is 59.2 cm³/mol. The van der Waals surface area contributed by atoms with E-state index in [-0.39, 0.29) is 29.6 Å². The van der Waals surface area contributed by atoms with E-state index in [1.54, 1.807) is 0 Å². The summed E-state index contributed by atoms with van der Waals surface area (Å²) in [6.45, 7) is 0.849. The fourth-order valence-electron chi connectivity index (χ4n) is 1.57. The van der Waals surface area contributed by atoms with Crippen LogP contribution in [0.3, 0.4) is 0 Å². The van der Waals surface area contributed by atoms with Crippen molar-refractivity contribution >= 4 is 10.1 Å². The first kappa shape index (κ1) is 30.2. The molecular weight excluding hydrogens is 470 g/mol. The molecule has 0 aromatic carbocycles. The van der Waals surface area contributed by atoms with Gasteiger partial charge in [-0.05, 0) is 6.42 Å². The quantitative estimate of drug-likeness (QED) is 0.287. The Hall–Kier alpha value is -0.000000000000000444. The van der Waals surface area contributed by atoms with Crippen LogP contribution in [-0.4, -0.2) is 54.0 Å². The molecule has 3 nitrogen and oxygen atoms in total. The molecule has 0 radical (unpaired) electrons. The number of halogens is 13. The first-order chi connectivity index (χ1) is 11.5. The second-order valence-corrected chi connectivity index (χ2v) is 6.57. The number of alkyl halides is 13. The van der Waals surface area contributed by atoms with Crippen LogP contribution in [0.15, 0.2) is 0 Å². The van der Waals surface area contributed by atoms with Gasteiger partial charge < -0.3 is 4.55 Å². The first-order valence-corrected chi connectivity index (χ1v) is 7.75. The third-order valence-electron chi connectivity index (χ3n) is 3.22. The van der Waals surface area contributed by atoms with Gasteiger partial charge >= 0.3 is 64.4 Å². The molecule has 0 bridgehead atoms. The van der Waals surface area contributed by atoms with Gasteiger partial charge in [-0.1, -0.05) is 13.3 Å². The van der Waals surface area contributed by atoms with Gasteiger partial charge in [0.05, 0.1) is 0 Å². The van der Waals surface area contributed by atoms with Gasteiger partial charge in [0.2, 0.25) is 0 Å². The molecule has 0 aliphatic rings. The molecule has 0 aromatic heterocycles. The molecule has 28 heavy (non-hydrogen) atoms.